The van der Waals surface area contributed by atoms with Crippen molar-refractivity contribution in [2.24, 2.45) is 0 Å². The molecule has 148 valence electrons. The number of carbonyl (C=O) groups is 1. The lowest BCUT2D eigenvalue weighted by atomic mass is 10.1. The molecule has 1 aromatic heterocycles. The van der Waals surface area contributed by atoms with E-state index in [0.29, 0.717) is 28.1 Å². The van der Waals surface area contributed by atoms with E-state index in [-0.39, 0.29) is 30.6 Å². The topological polar surface area (TPSA) is 94.6 Å². The molecule has 0 radical (unpaired) electrons. The van der Waals surface area contributed by atoms with Crippen molar-refractivity contribution in [2.75, 3.05) is 19.6 Å². The minimum atomic E-state index is -3.93. The van der Waals surface area contributed by atoms with Gasteiger partial charge in [0, 0.05) is 36.1 Å². The molecule has 1 amide bonds. The molecule has 7 nitrogen and oxygen atoms in total. The molecular formula is C20H16ClN3O4S. The Kier molecular flexibility index (Phi) is 5.04. The Bertz CT molecular complexity index is 1230. The Hall–Kier alpha value is -2.86. The third-order valence-corrected chi connectivity index (χ3v) is 6.73. The van der Waals surface area contributed by atoms with E-state index in [0.717, 1.165) is 9.87 Å². The molecule has 1 aliphatic rings. The average Bonchev–Trinajstić information content (AvgIpc) is 3.14. The van der Waals surface area contributed by atoms with Crippen LogP contribution in [0.15, 0.2) is 58.0 Å². The number of benzene rings is 2. The molecule has 2 heterocycles. The monoisotopic (exact) mass is 429 g/mol. The van der Waals surface area contributed by atoms with Crippen molar-refractivity contribution in [1.82, 2.24) is 9.21 Å². The Morgan fingerprint density at radius 3 is 2.55 bits per heavy atom. The molecule has 0 aliphatic carbocycles. The second-order valence-corrected chi connectivity index (χ2v) is 9.02. The molecule has 3 aromatic rings. The van der Waals surface area contributed by atoms with Gasteiger partial charge in [-0.15, -0.1) is 0 Å². The lowest BCUT2D eigenvalue weighted by Crippen LogP contribution is -2.51. The molecule has 0 unspecified atom stereocenters. The predicted molar refractivity (Wildman–Crippen MR) is 107 cm³/mol. The van der Waals surface area contributed by atoms with Crippen molar-refractivity contribution in [2.45, 2.75) is 11.6 Å². The zero-order valence-electron chi connectivity index (χ0n) is 15.2. The molecule has 2 aromatic carbocycles. The van der Waals surface area contributed by atoms with Gasteiger partial charge in [0.15, 0.2) is 0 Å². The quantitative estimate of drug-likeness (QED) is 0.635. The first kappa shape index (κ1) is 19.5. The summed E-state index contributed by atoms with van der Waals surface area (Å²) in [6, 6.07) is 15.3. The molecule has 4 rings (SSSR count). The van der Waals surface area contributed by atoms with Crippen molar-refractivity contribution in [3.05, 3.63) is 64.7 Å². The van der Waals surface area contributed by atoms with E-state index in [1.165, 1.54) is 6.07 Å². The van der Waals surface area contributed by atoms with Crippen LogP contribution in [0.4, 0.5) is 0 Å². The van der Waals surface area contributed by atoms with E-state index in [1.54, 1.807) is 47.4 Å². The number of fused-ring (bicyclic) bond motifs is 1. The molecule has 1 saturated heterocycles. The van der Waals surface area contributed by atoms with Crippen molar-refractivity contribution in [3.63, 3.8) is 0 Å². The number of carbonyl (C=O) groups excluding carboxylic acids is 1. The van der Waals surface area contributed by atoms with Gasteiger partial charge in [-0.25, -0.2) is 8.42 Å². The largest absolute Gasteiger partial charge is 0.443 e. The summed E-state index contributed by atoms with van der Waals surface area (Å²) >= 11 is 5.94. The Balaban J connectivity index is 1.49. The predicted octanol–water partition coefficient (Wildman–Crippen LogP) is 2.99. The first-order valence-corrected chi connectivity index (χ1v) is 10.6. The summed E-state index contributed by atoms with van der Waals surface area (Å²) in [5.41, 5.74) is 1.84. The summed E-state index contributed by atoms with van der Waals surface area (Å²) in [5.74, 6) is -0.289. The normalized spacial score (nSPS) is 15.6. The molecule has 0 N–H and O–H groups in total. The van der Waals surface area contributed by atoms with Crippen molar-refractivity contribution >= 4 is 38.5 Å². The zero-order valence-corrected chi connectivity index (χ0v) is 16.8. The van der Waals surface area contributed by atoms with E-state index in [2.05, 4.69) is 0 Å². The highest BCUT2D eigenvalue weighted by Crippen LogP contribution is 2.28. The highest BCUT2D eigenvalue weighted by molar-refractivity contribution is 7.89. The summed E-state index contributed by atoms with van der Waals surface area (Å²) < 4.78 is 32.5. The highest BCUT2D eigenvalue weighted by Gasteiger charge is 2.34. The number of piperazine rings is 1. The summed E-state index contributed by atoms with van der Waals surface area (Å²) in [6.45, 7) is 0.546. The van der Waals surface area contributed by atoms with Gasteiger partial charge in [-0.2, -0.15) is 9.57 Å². The van der Waals surface area contributed by atoms with E-state index in [4.69, 9.17) is 21.3 Å². The first-order chi connectivity index (χ1) is 13.9. The summed E-state index contributed by atoms with van der Waals surface area (Å²) in [5, 5.41) is 9.72. The number of hydrogen-bond acceptors (Lipinski definition) is 5. The minimum absolute atomic E-state index is 0.169. The standard InChI is InChI=1S/C20H16ClN3O4S/c21-17-5-6-18-16(9-17)10-20(28-18)29(26,27)24-8-7-23(19(25)13-24)12-15-3-1-14(11-22)2-4-15/h1-6,9-10H,7-8,12-13H2. The van der Waals surface area contributed by atoms with Gasteiger partial charge in [0.2, 0.25) is 11.0 Å². The SMILES string of the molecule is N#Cc1ccc(CN2CCN(S(=O)(=O)c3cc4cc(Cl)ccc4o3)CC2=O)cc1. The lowest BCUT2D eigenvalue weighted by Gasteiger charge is -2.33. The smallest absolute Gasteiger partial charge is 0.277 e. The molecule has 1 aliphatic heterocycles. The molecule has 29 heavy (non-hydrogen) atoms. The maximum Gasteiger partial charge on any atom is 0.277 e. The van der Waals surface area contributed by atoms with Crippen LogP contribution in [-0.4, -0.2) is 43.2 Å². The number of rotatable bonds is 4. The van der Waals surface area contributed by atoms with Gasteiger partial charge < -0.3 is 9.32 Å². The van der Waals surface area contributed by atoms with E-state index in [1.807, 2.05) is 6.07 Å². The van der Waals surface area contributed by atoms with Gasteiger partial charge in [0.05, 0.1) is 18.2 Å². The number of halogens is 1. The van der Waals surface area contributed by atoms with Crippen LogP contribution < -0.4 is 0 Å². The third kappa shape index (κ3) is 3.85. The van der Waals surface area contributed by atoms with Gasteiger partial charge in [-0.1, -0.05) is 23.7 Å². The molecule has 1 fully saturated rings. The number of furan rings is 1. The molecule has 0 spiro atoms. The summed E-state index contributed by atoms with van der Waals surface area (Å²) in [4.78, 5) is 14.1. The number of nitrogens with zero attached hydrogens (tertiary/aromatic N) is 3. The summed E-state index contributed by atoms with van der Waals surface area (Å²) in [7, 11) is -3.93. The maximum absolute atomic E-state index is 12.9. The maximum atomic E-state index is 12.9. The fourth-order valence-corrected chi connectivity index (χ4v) is 4.72. The van der Waals surface area contributed by atoms with Crippen LogP contribution in [0.25, 0.3) is 11.0 Å². The number of hydrogen-bond donors (Lipinski definition) is 0. The molecule has 0 bridgehead atoms. The van der Waals surface area contributed by atoms with Gasteiger partial charge >= 0.3 is 0 Å². The molecular weight excluding hydrogens is 414 g/mol. The van der Waals surface area contributed by atoms with Crippen molar-refractivity contribution in [3.8, 4) is 6.07 Å². The van der Waals surface area contributed by atoms with Crippen LogP contribution in [0, 0.1) is 11.3 Å². The number of amides is 1. The fourth-order valence-electron chi connectivity index (χ4n) is 3.21. The van der Waals surface area contributed by atoms with Crippen LogP contribution >= 0.6 is 11.6 Å². The molecule has 0 atom stereocenters. The molecule has 0 saturated carbocycles. The number of sulfonamides is 1. The van der Waals surface area contributed by atoms with Crippen LogP contribution in [0.2, 0.25) is 5.02 Å². The lowest BCUT2D eigenvalue weighted by molar-refractivity contribution is -0.134. The Labute approximate surface area is 172 Å². The zero-order chi connectivity index (χ0) is 20.6. The number of nitriles is 1. The second-order valence-electron chi connectivity index (χ2n) is 6.71. The van der Waals surface area contributed by atoms with Crippen LogP contribution in [0.1, 0.15) is 11.1 Å². The fraction of sp³-hybridized carbons (Fsp3) is 0.200. The Morgan fingerprint density at radius 2 is 1.86 bits per heavy atom. The third-order valence-electron chi connectivity index (χ3n) is 4.79. The van der Waals surface area contributed by atoms with Gasteiger partial charge in [-0.05, 0) is 35.9 Å². The second kappa shape index (κ2) is 7.52. The van der Waals surface area contributed by atoms with Crippen LogP contribution in [0.5, 0.6) is 0 Å². The van der Waals surface area contributed by atoms with Gasteiger partial charge in [0.1, 0.15) is 5.58 Å². The van der Waals surface area contributed by atoms with Crippen LogP contribution in [0.3, 0.4) is 0 Å². The van der Waals surface area contributed by atoms with Gasteiger partial charge in [-0.3, -0.25) is 4.79 Å². The first-order valence-electron chi connectivity index (χ1n) is 8.83. The van der Waals surface area contributed by atoms with Crippen molar-refractivity contribution in [1.29, 1.82) is 5.26 Å². The van der Waals surface area contributed by atoms with E-state index in [9.17, 15) is 13.2 Å². The minimum Gasteiger partial charge on any atom is -0.443 e. The summed E-state index contributed by atoms with van der Waals surface area (Å²) in [6.07, 6.45) is 0. The van der Waals surface area contributed by atoms with Crippen LogP contribution in [-0.2, 0) is 21.4 Å². The van der Waals surface area contributed by atoms with Gasteiger partial charge in [0.25, 0.3) is 10.0 Å². The van der Waals surface area contributed by atoms with E-state index < -0.39 is 10.0 Å². The average molecular weight is 430 g/mol. The molecule has 9 heteroatoms. The highest BCUT2D eigenvalue weighted by atomic mass is 35.5. The van der Waals surface area contributed by atoms with Crippen molar-refractivity contribution < 1.29 is 17.6 Å². The van der Waals surface area contributed by atoms with E-state index >= 15 is 0 Å². The Morgan fingerprint density at radius 1 is 1.10 bits per heavy atom.